The molecule has 0 saturated heterocycles. The molecule has 78 valence electrons. The molecule has 1 fully saturated rings. The second-order valence-corrected chi connectivity index (χ2v) is 4.23. The molecular weight excluding hydrogens is 190 g/mol. The van der Waals surface area contributed by atoms with Crippen LogP contribution in [-0.4, -0.2) is 16.6 Å². The number of hydrogen-bond donors (Lipinski definition) is 2. The van der Waals surface area contributed by atoms with Gasteiger partial charge in [0.25, 0.3) is 0 Å². The van der Waals surface area contributed by atoms with Crippen molar-refractivity contribution in [3.63, 3.8) is 0 Å². The van der Waals surface area contributed by atoms with Crippen molar-refractivity contribution in [2.75, 3.05) is 6.61 Å². The van der Waals surface area contributed by atoms with Gasteiger partial charge in [-0.3, -0.25) is 0 Å². The molecule has 1 aliphatic rings. The average Bonchev–Trinajstić information content (AvgIpc) is 2.89. The second-order valence-electron chi connectivity index (χ2n) is 4.23. The van der Waals surface area contributed by atoms with Crippen molar-refractivity contribution in [2.45, 2.75) is 18.3 Å². The lowest BCUT2D eigenvalue weighted by Crippen LogP contribution is -2.17. The smallest absolute Gasteiger partial charge is 0.0931 e. The van der Waals surface area contributed by atoms with Crippen LogP contribution in [0.4, 0.5) is 0 Å². The summed E-state index contributed by atoms with van der Waals surface area (Å²) in [4.78, 5) is 12.1. The van der Waals surface area contributed by atoms with Crippen LogP contribution >= 0.6 is 0 Å². The van der Waals surface area contributed by atoms with Gasteiger partial charge in [0.1, 0.15) is 0 Å². The molecule has 0 atom stereocenters. The maximum absolute atomic E-state index is 5.16. The van der Waals surface area contributed by atoms with E-state index in [1.54, 1.807) is 6.33 Å². The molecule has 3 rings (SSSR count). The minimum absolute atomic E-state index is 0.161. The number of benzene rings is 1. The van der Waals surface area contributed by atoms with E-state index in [0.29, 0.717) is 6.61 Å². The van der Waals surface area contributed by atoms with Crippen LogP contribution in [0.25, 0.3) is 11.0 Å². The van der Waals surface area contributed by atoms with Crippen LogP contribution < -0.4 is 5.90 Å². The van der Waals surface area contributed by atoms with Crippen LogP contribution in [0.1, 0.15) is 18.4 Å². The van der Waals surface area contributed by atoms with Crippen LogP contribution in [0.15, 0.2) is 24.5 Å². The van der Waals surface area contributed by atoms with E-state index < -0.39 is 0 Å². The third kappa shape index (κ3) is 1.33. The Morgan fingerprint density at radius 1 is 1.47 bits per heavy atom. The summed E-state index contributed by atoms with van der Waals surface area (Å²) in [6, 6.07) is 6.31. The summed E-state index contributed by atoms with van der Waals surface area (Å²) in [6.45, 7) is 0.604. The van der Waals surface area contributed by atoms with E-state index in [-0.39, 0.29) is 5.41 Å². The summed E-state index contributed by atoms with van der Waals surface area (Å²) in [5, 5.41) is 0. The van der Waals surface area contributed by atoms with Crippen molar-refractivity contribution < 1.29 is 4.84 Å². The zero-order valence-electron chi connectivity index (χ0n) is 8.36. The van der Waals surface area contributed by atoms with Crippen molar-refractivity contribution >= 4 is 11.0 Å². The first kappa shape index (κ1) is 8.88. The van der Waals surface area contributed by atoms with Crippen molar-refractivity contribution in [1.82, 2.24) is 9.97 Å². The first-order valence-electron chi connectivity index (χ1n) is 5.09. The first-order valence-corrected chi connectivity index (χ1v) is 5.09. The van der Waals surface area contributed by atoms with E-state index in [4.69, 9.17) is 10.7 Å². The summed E-state index contributed by atoms with van der Waals surface area (Å²) >= 11 is 0. The van der Waals surface area contributed by atoms with E-state index >= 15 is 0 Å². The van der Waals surface area contributed by atoms with Gasteiger partial charge in [0.15, 0.2) is 0 Å². The molecule has 0 bridgehead atoms. The van der Waals surface area contributed by atoms with E-state index in [2.05, 4.69) is 22.1 Å². The average molecular weight is 203 g/mol. The standard InChI is InChI=1S/C11H13N3O/c12-15-6-11(3-4-11)8-1-2-9-10(5-8)14-7-13-9/h1-2,5,7H,3-4,6,12H2,(H,13,14). The quantitative estimate of drug-likeness (QED) is 0.743. The van der Waals surface area contributed by atoms with E-state index in [0.717, 1.165) is 23.9 Å². The summed E-state index contributed by atoms with van der Waals surface area (Å²) < 4.78 is 0. The lowest BCUT2D eigenvalue weighted by Gasteiger charge is -2.13. The van der Waals surface area contributed by atoms with Gasteiger partial charge >= 0.3 is 0 Å². The molecule has 4 nitrogen and oxygen atoms in total. The van der Waals surface area contributed by atoms with Gasteiger partial charge in [-0.05, 0) is 30.5 Å². The fourth-order valence-electron chi connectivity index (χ4n) is 2.09. The largest absolute Gasteiger partial charge is 0.345 e. The highest BCUT2D eigenvalue weighted by molar-refractivity contribution is 5.75. The number of nitrogens with two attached hydrogens (primary N) is 1. The molecule has 4 heteroatoms. The minimum atomic E-state index is 0.161. The molecule has 1 aromatic heterocycles. The molecular formula is C11H13N3O. The number of H-pyrrole nitrogens is 1. The number of nitrogens with one attached hydrogen (secondary N) is 1. The van der Waals surface area contributed by atoms with Crippen molar-refractivity contribution in [2.24, 2.45) is 5.90 Å². The Bertz CT molecular complexity index is 487. The molecule has 0 radical (unpaired) electrons. The molecule has 1 saturated carbocycles. The van der Waals surface area contributed by atoms with E-state index in [9.17, 15) is 0 Å². The van der Waals surface area contributed by atoms with Crippen LogP contribution in [0.5, 0.6) is 0 Å². The van der Waals surface area contributed by atoms with Crippen LogP contribution in [0, 0.1) is 0 Å². The van der Waals surface area contributed by atoms with Crippen LogP contribution in [-0.2, 0) is 10.3 Å². The Morgan fingerprint density at radius 2 is 2.33 bits per heavy atom. The van der Waals surface area contributed by atoms with Crippen LogP contribution in [0.2, 0.25) is 0 Å². The number of rotatable bonds is 3. The lowest BCUT2D eigenvalue weighted by molar-refractivity contribution is 0.116. The number of nitrogens with zero attached hydrogens (tertiary/aromatic N) is 1. The Hall–Kier alpha value is -1.39. The van der Waals surface area contributed by atoms with Gasteiger partial charge in [-0.2, -0.15) is 0 Å². The maximum atomic E-state index is 5.16. The van der Waals surface area contributed by atoms with Gasteiger partial charge in [-0.1, -0.05) is 6.07 Å². The highest BCUT2D eigenvalue weighted by Gasteiger charge is 2.44. The zero-order chi connectivity index (χ0) is 10.3. The number of aromatic nitrogens is 2. The third-order valence-electron chi connectivity index (χ3n) is 3.25. The molecule has 0 aliphatic heterocycles. The SMILES string of the molecule is NOCC1(c2ccc3nc[nH]c3c2)CC1. The Morgan fingerprint density at radius 3 is 3.07 bits per heavy atom. The third-order valence-corrected chi connectivity index (χ3v) is 3.25. The monoisotopic (exact) mass is 203 g/mol. The van der Waals surface area contributed by atoms with Crippen LogP contribution in [0.3, 0.4) is 0 Å². The summed E-state index contributed by atoms with van der Waals surface area (Å²) in [6.07, 6.45) is 4.03. The van der Waals surface area contributed by atoms with Crippen molar-refractivity contribution in [3.05, 3.63) is 30.1 Å². The van der Waals surface area contributed by atoms with E-state index in [1.165, 1.54) is 5.56 Å². The fraction of sp³-hybridized carbons (Fsp3) is 0.364. The van der Waals surface area contributed by atoms with E-state index in [1.807, 2.05) is 6.07 Å². The molecule has 0 amide bonds. The van der Waals surface area contributed by atoms with Crippen molar-refractivity contribution in [3.8, 4) is 0 Å². The highest BCUT2D eigenvalue weighted by Crippen LogP contribution is 2.48. The number of imidazole rings is 1. The van der Waals surface area contributed by atoms with Gasteiger partial charge in [0, 0.05) is 5.41 Å². The maximum Gasteiger partial charge on any atom is 0.0931 e. The molecule has 15 heavy (non-hydrogen) atoms. The van der Waals surface area contributed by atoms with Gasteiger partial charge in [-0.15, -0.1) is 0 Å². The number of aromatic amines is 1. The molecule has 0 unspecified atom stereocenters. The lowest BCUT2D eigenvalue weighted by atomic mass is 9.97. The summed E-state index contributed by atoms with van der Waals surface area (Å²) in [7, 11) is 0. The Balaban J connectivity index is 2.04. The summed E-state index contributed by atoms with van der Waals surface area (Å²) in [5.41, 5.74) is 3.54. The normalized spacial score (nSPS) is 18.2. The number of fused-ring (bicyclic) bond motifs is 1. The predicted molar refractivity (Wildman–Crippen MR) is 57.1 cm³/mol. The molecule has 1 heterocycles. The van der Waals surface area contributed by atoms with Crippen molar-refractivity contribution in [1.29, 1.82) is 0 Å². The first-order chi connectivity index (χ1) is 7.34. The van der Waals surface area contributed by atoms with Gasteiger partial charge in [0.2, 0.25) is 0 Å². The minimum Gasteiger partial charge on any atom is -0.345 e. The Labute approximate surface area is 87.4 Å². The fourth-order valence-corrected chi connectivity index (χ4v) is 2.09. The predicted octanol–water partition coefficient (Wildman–Crippen LogP) is 1.48. The highest BCUT2D eigenvalue weighted by atomic mass is 16.6. The molecule has 0 spiro atoms. The van der Waals surface area contributed by atoms with Gasteiger partial charge in [0.05, 0.1) is 24.0 Å². The topological polar surface area (TPSA) is 63.9 Å². The molecule has 2 aromatic rings. The number of hydrogen-bond acceptors (Lipinski definition) is 3. The van der Waals surface area contributed by atoms with Gasteiger partial charge in [-0.25, -0.2) is 10.9 Å². The Kier molecular flexibility index (Phi) is 1.81. The zero-order valence-corrected chi connectivity index (χ0v) is 8.36. The summed E-state index contributed by atoms with van der Waals surface area (Å²) in [5.74, 6) is 5.16. The van der Waals surface area contributed by atoms with Gasteiger partial charge < -0.3 is 9.82 Å². The molecule has 3 N–H and O–H groups in total. The molecule has 1 aromatic carbocycles. The second kappa shape index (κ2) is 3.05. The molecule has 1 aliphatic carbocycles.